The smallest absolute Gasteiger partial charge is 0.151 e. The average Bonchev–Trinajstić information content (AvgIpc) is 2.42. The van der Waals surface area contributed by atoms with Crippen molar-refractivity contribution in [1.29, 1.82) is 0 Å². The third-order valence-corrected chi connectivity index (χ3v) is 3.42. The summed E-state index contributed by atoms with van der Waals surface area (Å²) in [6, 6.07) is 14.6. The van der Waals surface area contributed by atoms with Crippen LogP contribution in [0.25, 0.3) is 0 Å². The number of aryl methyl sites for hydroxylation is 1. The molecule has 2 nitrogen and oxygen atoms in total. The molecule has 0 bridgehead atoms. The molecule has 0 aliphatic heterocycles. The van der Waals surface area contributed by atoms with Crippen molar-refractivity contribution < 1.29 is 9.59 Å². The third kappa shape index (κ3) is 3.55. The quantitative estimate of drug-likeness (QED) is 0.620. The van der Waals surface area contributed by atoms with Crippen molar-refractivity contribution in [3.8, 4) is 0 Å². The van der Waals surface area contributed by atoms with Crippen LogP contribution in [0.1, 0.15) is 22.6 Å². The number of benzene rings is 2. The van der Waals surface area contributed by atoms with Gasteiger partial charge in [0.2, 0.25) is 0 Å². The van der Waals surface area contributed by atoms with Crippen LogP contribution in [0, 0.1) is 6.92 Å². The molecular formula is C17H15ClO2. The zero-order valence-corrected chi connectivity index (χ0v) is 11.9. The van der Waals surface area contributed by atoms with Crippen molar-refractivity contribution in [1.82, 2.24) is 0 Å². The van der Waals surface area contributed by atoms with Gasteiger partial charge < -0.3 is 4.79 Å². The maximum atomic E-state index is 12.3. The van der Waals surface area contributed by atoms with E-state index in [9.17, 15) is 9.59 Å². The van der Waals surface area contributed by atoms with Crippen molar-refractivity contribution in [3.63, 3.8) is 0 Å². The second-order valence-electron chi connectivity index (χ2n) is 4.80. The lowest BCUT2D eigenvalue weighted by molar-refractivity contribution is -0.123. The lowest BCUT2D eigenvalue weighted by atomic mass is 9.92. The summed E-state index contributed by atoms with van der Waals surface area (Å²) in [5.74, 6) is -0.833. The summed E-state index contributed by atoms with van der Waals surface area (Å²) in [5.41, 5.74) is 2.71. The van der Waals surface area contributed by atoms with E-state index in [4.69, 9.17) is 11.6 Å². The van der Waals surface area contributed by atoms with Gasteiger partial charge in [0.05, 0.1) is 5.92 Å². The lowest BCUT2D eigenvalue weighted by Crippen LogP contribution is -2.16. The Kier molecular flexibility index (Phi) is 4.70. The van der Waals surface area contributed by atoms with Gasteiger partial charge in [-0.25, -0.2) is 0 Å². The van der Waals surface area contributed by atoms with Gasteiger partial charge in [-0.15, -0.1) is 0 Å². The molecule has 0 aromatic heterocycles. The molecule has 0 radical (unpaired) electrons. The number of halogens is 1. The normalized spacial score (nSPS) is 11.9. The molecule has 2 aromatic carbocycles. The van der Waals surface area contributed by atoms with E-state index >= 15 is 0 Å². The minimum atomic E-state index is -0.729. The van der Waals surface area contributed by atoms with Crippen molar-refractivity contribution in [2.75, 3.05) is 0 Å². The number of hydrogen-bond donors (Lipinski definition) is 0. The molecule has 0 aliphatic carbocycles. The van der Waals surface area contributed by atoms with E-state index in [2.05, 4.69) is 0 Å². The highest BCUT2D eigenvalue weighted by Crippen LogP contribution is 2.19. The predicted molar refractivity (Wildman–Crippen MR) is 80.1 cm³/mol. The van der Waals surface area contributed by atoms with E-state index in [-0.39, 0.29) is 12.2 Å². The number of carbonyl (C=O) groups excluding carboxylic acids is 2. The summed E-state index contributed by atoms with van der Waals surface area (Å²) in [6.45, 7) is 1.98. The number of ketones is 1. The standard InChI is InChI=1S/C17H15ClO2/c1-12-3-2-4-13(9-12)10-17(20)16(11-19)14-5-7-15(18)8-6-14/h2-9,11,16H,10H2,1H3. The first-order valence-electron chi connectivity index (χ1n) is 6.39. The molecule has 0 spiro atoms. The van der Waals surface area contributed by atoms with Crippen LogP contribution in [0.2, 0.25) is 5.02 Å². The van der Waals surface area contributed by atoms with Gasteiger partial charge >= 0.3 is 0 Å². The van der Waals surface area contributed by atoms with Gasteiger partial charge in [-0.3, -0.25) is 4.79 Å². The average molecular weight is 287 g/mol. The highest BCUT2D eigenvalue weighted by molar-refractivity contribution is 6.30. The largest absolute Gasteiger partial charge is 0.302 e. The minimum Gasteiger partial charge on any atom is -0.302 e. The Hall–Kier alpha value is -1.93. The van der Waals surface area contributed by atoms with E-state index in [1.165, 1.54) is 0 Å². The van der Waals surface area contributed by atoms with Crippen molar-refractivity contribution in [2.45, 2.75) is 19.3 Å². The number of Topliss-reactive ketones (excluding diaryl/α,β-unsaturated/α-hetero) is 1. The molecule has 3 heteroatoms. The Bertz CT molecular complexity index is 617. The molecule has 0 aliphatic rings. The van der Waals surface area contributed by atoms with Crippen LogP contribution in [0.5, 0.6) is 0 Å². The van der Waals surface area contributed by atoms with E-state index in [1.54, 1.807) is 24.3 Å². The SMILES string of the molecule is Cc1cccc(CC(=O)C(C=O)c2ccc(Cl)cc2)c1. The summed E-state index contributed by atoms with van der Waals surface area (Å²) < 4.78 is 0. The van der Waals surface area contributed by atoms with Gasteiger partial charge in [-0.05, 0) is 30.2 Å². The number of carbonyl (C=O) groups is 2. The minimum absolute atomic E-state index is 0.104. The van der Waals surface area contributed by atoms with Crippen molar-refractivity contribution in [3.05, 3.63) is 70.2 Å². The zero-order chi connectivity index (χ0) is 14.5. The Balaban J connectivity index is 2.17. The second kappa shape index (κ2) is 6.49. The highest BCUT2D eigenvalue weighted by atomic mass is 35.5. The number of rotatable bonds is 5. The Morgan fingerprint density at radius 3 is 2.50 bits per heavy atom. The van der Waals surface area contributed by atoms with E-state index in [0.29, 0.717) is 16.9 Å². The molecule has 2 aromatic rings. The van der Waals surface area contributed by atoms with E-state index in [1.807, 2.05) is 31.2 Å². The number of hydrogen-bond acceptors (Lipinski definition) is 2. The molecule has 1 atom stereocenters. The van der Waals surface area contributed by atoms with Gasteiger partial charge in [0, 0.05) is 11.4 Å². The number of aldehydes is 1. The third-order valence-electron chi connectivity index (χ3n) is 3.17. The fourth-order valence-electron chi connectivity index (χ4n) is 2.14. The van der Waals surface area contributed by atoms with Crippen LogP contribution in [0.4, 0.5) is 0 Å². The Morgan fingerprint density at radius 2 is 1.90 bits per heavy atom. The predicted octanol–water partition coefficient (Wildman–Crippen LogP) is 3.74. The molecule has 0 N–H and O–H groups in total. The maximum absolute atomic E-state index is 12.3. The molecule has 2 rings (SSSR count). The monoisotopic (exact) mass is 286 g/mol. The van der Waals surface area contributed by atoms with Crippen LogP contribution in [-0.4, -0.2) is 12.1 Å². The summed E-state index contributed by atoms with van der Waals surface area (Å²) in [7, 11) is 0. The molecule has 20 heavy (non-hydrogen) atoms. The van der Waals surface area contributed by atoms with Crippen molar-refractivity contribution >= 4 is 23.7 Å². The van der Waals surface area contributed by atoms with Crippen LogP contribution in [-0.2, 0) is 16.0 Å². The van der Waals surface area contributed by atoms with Gasteiger partial charge in [0.1, 0.15) is 6.29 Å². The Labute approximate surface area is 123 Å². The van der Waals surface area contributed by atoms with Crippen LogP contribution < -0.4 is 0 Å². The van der Waals surface area contributed by atoms with Crippen LogP contribution >= 0.6 is 11.6 Å². The van der Waals surface area contributed by atoms with E-state index in [0.717, 1.165) is 11.1 Å². The first-order chi connectivity index (χ1) is 9.60. The van der Waals surface area contributed by atoms with Crippen molar-refractivity contribution in [2.24, 2.45) is 0 Å². The molecule has 1 unspecified atom stereocenters. The highest BCUT2D eigenvalue weighted by Gasteiger charge is 2.19. The maximum Gasteiger partial charge on any atom is 0.151 e. The molecule has 0 saturated heterocycles. The molecule has 0 amide bonds. The van der Waals surface area contributed by atoms with E-state index < -0.39 is 5.92 Å². The molecular weight excluding hydrogens is 272 g/mol. The Morgan fingerprint density at radius 1 is 1.20 bits per heavy atom. The molecule has 0 heterocycles. The lowest BCUT2D eigenvalue weighted by Gasteiger charge is -2.10. The van der Waals surface area contributed by atoms with Crippen LogP contribution in [0.15, 0.2) is 48.5 Å². The van der Waals surface area contributed by atoms with Crippen LogP contribution in [0.3, 0.4) is 0 Å². The van der Waals surface area contributed by atoms with Gasteiger partial charge in [-0.2, -0.15) is 0 Å². The zero-order valence-electron chi connectivity index (χ0n) is 11.2. The fraction of sp³-hybridized carbons (Fsp3) is 0.176. The molecule has 0 fully saturated rings. The first-order valence-corrected chi connectivity index (χ1v) is 6.77. The topological polar surface area (TPSA) is 34.1 Å². The van der Waals surface area contributed by atoms with Gasteiger partial charge in [0.25, 0.3) is 0 Å². The summed E-state index contributed by atoms with van der Waals surface area (Å²) in [6.07, 6.45) is 0.953. The summed E-state index contributed by atoms with van der Waals surface area (Å²) >= 11 is 5.81. The van der Waals surface area contributed by atoms with Gasteiger partial charge in [-0.1, -0.05) is 53.6 Å². The summed E-state index contributed by atoms with van der Waals surface area (Å²) in [4.78, 5) is 23.5. The van der Waals surface area contributed by atoms with Gasteiger partial charge in [0.15, 0.2) is 5.78 Å². The first kappa shape index (κ1) is 14.5. The second-order valence-corrected chi connectivity index (χ2v) is 5.23. The molecule has 0 saturated carbocycles. The fourth-order valence-corrected chi connectivity index (χ4v) is 2.27. The molecule has 102 valence electrons. The summed E-state index contributed by atoms with van der Waals surface area (Å²) in [5, 5.41) is 0.588.